The van der Waals surface area contributed by atoms with Crippen LogP contribution in [0.5, 0.6) is 0 Å². The number of rotatable bonds is 3. The van der Waals surface area contributed by atoms with Gasteiger partial charge in [-0.1, -0.05) is 18.5 Å². The van der Waals surface area contributed by atoms with Gasteiger partial charge in [-0.25, -0.2) is 9.78 Å². The maximum atomic E-state index is 13.5. The number of amides is 1. The fraction of sp³-hybridized carbons (Fsp3) is 0.360. The van der Waals surface area contributed by atoms with E-state index in [4.69, 9.17) is 21.3 Å². The number of nitrogens with zero attached hydrogens (tertiary/aromatic N) is 2. The van der Waals surface area contributed by atoms with Gasteiger partial charge < -0.3 is 24.8 Å². The van der Waals surface area contributed by atoms with Crippen molar-refractivity contribution in [3.8, 4) is 11.4 Å². The Labute approximate surface area is 204 Å². The minimum absolute atomic E-state index is 0.0548. The van der Waals surface area contributed by atoms with Crippen LogP contribution < -0.4 is 10.9 Å². The zero-order chi connectivity index (χ0) is 24.6. The van der Waals surface area contributed by atoms with Crippen molar-refractivity contribution in [3.05, 3.63) is 61.4 Å². The number of aliphatic hydroxyl groups is 2. The van der Waals surface area contributed by atoms with Gasteiger partial charge in [0.2, 0.25) is 5.91 Å². The summed E-state index contributed by atoms with van der Waals surface area (Å²) in [6, 6.07) is 4.93. The van der Waals surface area contributed by atoms with Crippen molar-refractivity contribution in [1.82, 2.24) is 14.9 Å². The van der Waals surface area contributed by atoms with Crippen molar-refractivity contribution in [1.29, 1.82) is 0 Å². The molecular weight excluding hydrogens is 474 g/mol. The van der Waals surface area contributed by atoms with Crippen LogP contribution in [-0.4, -0.2) is 38.2 Å². The smallest absolute Gasteiger partial charge is 0.343 e. The third-order valence-corrected chi connectivity index (χ3v) is 7.63. The van der Waals surface area contributed by atoms with Crippen LogP contribution in [0.3, 0.4) is 0 Å². The van der Waals surface area contributed by atoms with Gasteiger partial charge in [-0.2, -0.15) is 0 Å². The maximum Gasteiger partial charge on any atom is 0.343 e. The van der Waals surface area contributed by atoms with Crippen LogP contribution in [0.25, 0.3) is 22.3 Å². The number of benzene rings is 1. The van der Waals surface area contributed by atoms with Crippen molar-refractivity contribution in [2.75, 3.05) is 6.61 Å². The normalized spacial score (nSPS) is 21.8. The topological polar surface area (TPSA) is 131 Å². The second-order valence-corrected chi connectivity index (χ2v) is 9.67. The molecule has 6 rings (SSSR count). The molecule has 10 heteroatoms. The summed E-state index contributed by atoms with van der Waals surface area (Å²) >= 11 is 6.38. The standard InChI is InChI=1S/C25H22ClN3O6/c1-2-25(34)15-7-18-22-13(8-29(18)23(32)14(15)10-35-24(25)33)21-16(27-19(31)9-30)4-3-11-5-12(26)6-17(28-22)20(11)21/h5-7,16,30,34H,2-4,8-10H2,1H3,(H,27,31)/t16-,25+/m1/s1. The summed E-state index contributed by atoms with van der Waals surface area (Å²) in [6.07, 6.45) is 1.33. The van der Waals surface area contributed by atoms with E-state index in [1.807, 2.05) is 6.07 Å². The third-order valence-electron chi connectivity index (χ3n) is 7.41. The van der Waals surface area contributed by atoms with E-state index in [0.29, 0.717) is 34.8 Å². The van der Waals surface area contributed by atoms with Crippen LogP contribution in [0.2, 0.25) is 5.02 Å². The molecule has 9 nitrogen and oxygen atoms in total. The molecule has 0 bridgehead atoms. The summed E-state index contributed by atoms with van der Waals surface area (Å²) in [4.78, 5) is 42.9. The summed E-state index contributed by atoms with van der Waals surface area (Å²) in [5.74, 6) is -1.27. The van der Waals surface area contributed by atoms with Gasteiger partial charge in [-0.05, 0) is 48.6 Å². The average molecular weight is 496 g/mol. The lowest BCUT2D eigenvalue weighted by molar-refractivity contribution is -0.172. The largest absolute Gasteiger partial charge is 0.458 e. The molecule has 0 unspecified atom stereocenters. The lowest BCUT2D eigenvalue weighted by Gasteiger charge is -2.31. The molecule has 1 amide bonds. The summed E-state index contributed by atoms with van der Waals surface area (Å²) in [5.41, 5.74) is 2.54. The first-order valence-electron chi connectivity index (χ1n) is 11.5. The number of aromatic nitrogens is 2. The summed E-state index contributed by atoms with van der Waals surface area (Å²) < 4.78 is 6.72. The first kappa shape index (κ1) is 22.2. The molecule has 0 saturated heterocycles. The van der Waals surface area contributed by atoms with E-state index in [2.05, 4.69) is 5.32 Å². The number of aliphatic hydroxyl groups excluding tert-OH is 1. The predicted octanol–water partition coefficient (Wildman–Crippen LogP) is 1.83. The molecule has 3 aliphatic rings. The Morgan fingerprint density at radius 1 is 1.31 bits per heavy atom. The third kappa shape index (κ3) is 3.01. The van der Waals surface area contributed by atoms with E-state index in [1.54, 1.807) is 23.6 Å². The highest BCUT2D eigenvalue weighted by Gasteiger charge is 2.45. The van der Waals surface area contributed by atoms with Gasteiger partial charge in [-0.15, -0.1) is 0 Å². The number of hydrogen-bond donors (Lipinski definition) is 3. The Kier molecular flexibility index (Phi) is 4.83. The Hall–Kier alpha value is -3.27. The van der Waals surface area contributed by atoms with Crippen LogP contribution in [0.4, 0.5) is 0 Å². The molecule has 2 atom stereocenters. The fourth-order valence-electron chi connectivity index (χ4n) is 5.71. The van der Waals surface area contributed by atoms with Crippen LogP contribution in [0, 0.1) is 0 Å². The lowest BCUT2D eigenvalue weighted by atomic mass is 9.83. The van der Waals surface area contributed by atoms with Gasteiger partial charge >= 0.3 is 5.97 Å². The van der Waals surface area contributed by atoms with Gasteiger partial charge in [0, 0.05) is 21.5 Å². The lowest BCUT2D eigenvalue weighted by Crippen LogP contribution is -2.44. The number of carbonyl (C=O) groups excluding carboxylic acids is 2. The zero-order valence-corrected chi connectivity index (χ0v) is 19.6. The van der Waals surface area contributed by atoms with Gasteiger partial charge in [0.05, 0.1) is 35.1 Å². The maximum absolute atomic E-state index is 13.5. The minimum atomic E-state index is -1.91. The van der Waals surface area contributed by atoms with Gasteiger partial charge in [0.15, 0.2) is 5.60 Å². The number of hydrogen-bond acceptors (Lipinski definition) is 7. The fourth-order valence-corrected chi connectivity index (χ4v) is 5.94. The SMILES string of the molecule is CC[C@@]1(O)C(=O)OCc2c1cc1n(c2=O)Cc2c-1nc1cc(Cl)cc3c1c2[C@H](NC(=O)CO)CC3. The number of fused-ring (bicyclic) bond motifs is 5. The van der Waals surface area contributed by atoms with Crippen molar-refractivity contribution >= 4 is 34.4 Å². The Bertz CT molecular complexity index is 1530. The van der Waals surface area contributed by atoms with Crippen molar-refractivity contribution in [2.24, 2.45) is 0 Å². The molecule has 180 valence electrons. The number of halogens is 1. The molecule has 3 N–H and O–H groups in total. The monoisotopic (exact) mass is 495 g/mol. The highest BCUT2D eigenvalue weighted by molar-refractivity contribution is 6.31. The van der Waals surface area contributed by atoms with Gasteiger partial charge in [0.25, 0.3) is 5.56 Å². The molecular formula is C25H22ClN3O6. The van der Waals surface area contributed by atoms with Crippen LogP contribution in [-0.2, 0) is 39.5 Å². The first-order chi connectivity index (χ1) is 16.8. The van der Waals surface area contributed by atoms with E-state index in [1.165, 1.54) is 0 Å². The molecule has 2 aromatic heterocycles. The number of carbonyl (C=O) groups is 2. The quantitative estimate of drug-likeness (QED) is 0.369. The summed E-state index contributed by atoms with van der Waals surface area (Å²) in [7, 11) is 0. The Balaban J connectivity index is 1.65. The van der Waals surface area contributed by atoms with E-state index >= 15 is 0 Å². The van der Waals surface area contributed by atoms with Crippen molar-refractivity contribution < 1.29 is 24.5 Å². The highest BCUT2D eigenvalue weighted by Crippen LogP contribution is 2.45. The van der Waals surface area contributed by atoms with E-state index in [-0.39, 0.29) is 42.3 Å². The molecule has 0 radical (unpaired) electrons. The second-order valence-electron chi connectivity index (χ2n) is 9.23. The molecule has 1 aromatic carbocycles. The molecule has 0 saturated carbocycles. The number of cyclic esters (lactones) is 1. The van der Waals surface area contributed by atoms with E-state index < -0.39 is 24.1 Å². The second kappa shape index (κ2) is 7.61. The molecule has 0 spiro atoms. The minimum Gasteiger partial charge on any atom is -0.458 e. The Morgan fingerprint density at radius 2 is 2.11 bits per heavy atom. The first-order valence-corrected chi connectivity index (χ1v) is 11.9. The molecule has 0 fully saturated rings. The van der Waals surface area contributed by atoms with Crippen LogP contribution in [0.1, 0.15) is 53.6 Å². The van der Waals surface area contributed by atoms with E-state index in [9.17, 15) is 24.6 Å². The van der Waals surface area contributed by atoms with Gasteiger partial charge in [0.1, 0.15) is 13.2 Å². The van der Waals surface area contributed by atoms with E-state index in [0.717, 1.165) is 22.1 Å². The van der Waals surface area contributed by atoms with Crippen molar-refractivity contribution in [3.63, 3.8) is 0 Å². The van der Waals surface area contributed by atoms with Crippen molar-refractivity contribution in [2.45, 2.75) is 51.0 Å². The van der Waals surface area contributed by atoms with Gasteiger partial charge in [-0.3, -0.25) is 9.59 Å². The number of nitrogens with one attached hydrogen (secondary N) is 1. The molecule has 35 heavy (non-hydrogen) atoms. The molecule has 1 aliphatic carbocycles. The predicted molar refractivity (Wildman–Crippen MR) is 126 cm³/mol. The highest BCUT2D eigenvalue weighted by atomic mass is 35.5. The molecule has 4 heterocycles. The Morgan fingerprint density at radius 3 is 2.86 bits per heavy atom. The number of ether oxygens (including phenoxy) is 1. The molecule has 3 aromatic rings. The van der Waals surface area contributed by atoms with Crippen LogP contribution >= 0.6 is 11.6 Å². The number of pyridine rings is 2. The average Bonchev–Trinajstić information content (AvgIpc) is 3.21. The number of aryl methyl sites for hydroxylation is 1. The molecule has 2 aliphatic heterocycles. The number of esters is 1. The zero-order valence-electron chi connectivity index (χ0n) is 18.9. The summed E-state index contributed by atoms with van der Waals surface area (Å²) in [5, 5.41) is 24.7. The summed E-state index contributed by atoms with van der Waals surface area (Å²) in [6.45, 7) is 1.05. The van der Waals surface area contributed by atoms with Crippen LogP contribution in [0.15, 0.2) is 23.0 Å².